The Morgan fingerprint density at radius 3 is 1.19 bits per heavy atom. The van der Waals surface area contributed by atoms with Crippen LogP contribution in [0.15, 0.2) is 0 Å². The minimum Gasteiger partial charge on any atom is -0.462 e. The molecule has 1 atom stereocenters. The molecule has 220 valence electrons. The third-order valence-electron chi connectivity index (χ3n) is 7.21. The molecule has 0 aliphatic rings. The van der Waals surface area contributed by atoms with E-state index < -0.39 is 12.1 Å². The molecule has 0 rings (SSSR count). The van der Waals surface area contributed by atoms with Gasteiger partial charge < -0.3 is 14.6 Å². The van der Waals surface area contributed by atoms with E-state index in [0.29, 0.717) is 6.42 Å². The quantitative estimate of drug-likeness (QED) is 0.0776. The third kappa shape index (κ3) is 29.3. The summed E-state index contributed by atoms with van der Waals surface area (Å²) in [6.45, 7) is 3.16. The number of aliphatic hydroxyl groups excluding tert-OH is 1. The predicted molar refractivity (Wildman–Crippen MR) is 155 cm³/mol. The average Bonchev–Trinajstić information content (AvgIpc) is 2.88. The van der Waals surface area contributed by atoms with E-state index >= 15 is 0 Å². The lowest BCUT2D eigenvalue weighted by molar-refractivity contribution is -0.160. The monoisotopic (exact) mass is 526 g/mol. The second-order valence-electron chi connectivity index (χ2n) is 11.0. The fourth-order valence-corrected chi connectivity index (χ4v) is 4.81. The van der Waals surface area contributed by atoms with Crippen LogP contribution in [0.25, 0.3) is 0 Å². The van der Waals surface area contributed by atoms with Gasteiger partial charge in [0.25, 0.3) is 0 Å². The molecule has 0 spiro atoms. The highest BCUT2D eigenvalue weighted by atomic mass is 16.6. The molecule has 0 radical (unpaired) electrons. The van der Waals surface area contributed by atoms with Crippen molar-refractivity contribution in [2.24, 2.45) is 0 Å². The van der Waals surface area contributed by atoms with Gasteiger partial charge in [0, 0.05) is 13.3 Å². The van der Waals surface area contributed by atoms with Crippen LogP contribution in [0.4, 0.5) is 0 Å². The average molecular weight is 527 g/mol. The Bertz CT molecular complexity index is 494. The summed E-state index contributed by atoms with van der Waals surface area (Å²) in [5, 5.41) is 9.18. The standard InChI is InChI=1S/C32H62O5/c1-3-4-5-6-7-8-9-10-11-12-13-14-15-16-17-18-19-20-21-22-23-24-25-26-27-32(35)37-31(28-33)29-36-30(2)34/h31,33H,3-29H2,1-2H3. The number of carbonyl (C=O) groups is 2. The molecule has 0 amide bonds. The van der Waals surface area contributed by atoms with Crippen LogP contribution in [-0.4, -0.2) is 36.4 Å². The van der Waals surface area contributed by atoms with Gasteiger partial charge in [-0.05, 0) is 6.42 Å². The molecular formula is C32H62O5. The second kappa shape index (κ2) is 29.5. The first kappa shape index (κ1) is 35.9. The van der Waals surface area contributed by atoms with E-state index in [1.165, 1.54) is 142 Å². The largest absolute Gasteiger partial charge is 0.462 e. The first-order valence-electron chi connectivity index (χ1n) is 16.0. The zero-order valence-electron chi connectivity index (χ0n) is 24.7. The molecule has 5 heteroatoms. The van der Waals surface area contributed by atoms with Crippen LogP contribution >= 0.6 is 0 Å². The number of hydrogen-bond donors (Lipinski definition) is 1. The van der Waals surface area contributed by atoms with E-state index in [1.807, 2.05) is 0 Å². The molecule has 0 bridgehead atoms. The van der Waals surface area contributed by atoms with Gasteiger partial charge in [-0.25, -0.2) is 0 Å². The van der Waals surface area contributed by atoms with Crippen molar-refractivity contribution in [1.82, 2.24) is 0 Å². The van der Waals surface area contributed by atoms with Crippen molar-refractivity contribution < 1.29 is 24.2 Å². The van der Waals surface area contributed by atoms with Gasteiger partial charge in [-0.2, -0.15) is 0 Å². The fourth-order valence-electron chi connectivity index (χ4n) is 4.81. The Labute approximate surface area is 229 Å². The van der Waals surface area contributed by atoms with Crippen LogP contribution in [0.3, 0.4) is 0 Å². The van der Waals surface area contributed by atoms with Crippen molar-refractivity contribution in [1.29, 1.82) is 0 Å². The molecule has 0 saturated carbocycles. The van der Waals surface area contributed by atoms with Gasteiger partial charge in [-0.3, -0.25) is 9.59 Å². The summed E-state index contributed by atoms with van der Waals surface area (Å²) in [5.41, 5.74) is 0. The van der Waals surface area contributed by atoms with E-state index in [1.54, 1.807) is 0 Å². The van der Waals surface area contributed by atoms with E-state index in [9.17, 15) is 14.7 Å². The lowest BCUT2D eigenvalue weighted by Gasteiger charge is -2.15. The number of esters is 2. The summed E-state index contributed by atoms with van der Waals surface area (Å²) in [5.74, 6) is -0.774. The highest BCUT2D eigenvalue weighted by molar-refractivity contribution is 5.69. The van der Waals surface area contributed by atoms with E-state index in [4.69, 9.17) is 9.47 Å². The molecule has 1 unspecified atom stereocenters. The highest BCUT2D eigenvalue weighted by Gasteiger charge is 2.14. The Hall–Kier alpha value is -1.10. The number of hydrogen-bond acceptors (Lipinski definition) is 5. The molecule has 0 saturated heterocycles. The van der Waals surface area contributed by atoms with Gasteiger partial charge in [-0.15, -0.1) is 0 Å². The van der Waals surface area contributed by atoms with Gasteiger partial charge in [0.2, 0.25) is 0 Å². The van der Waals surface area contributed by atoms with Crippen LogP contribution in [0.1, 0.15) is 174 Å². The Morgan fingerprint density at radius 2 is 0.892 bits per heavy atom. The number of carbonyl (C=O) groups excluding carboxylic acids is 2. The summed E-state index contributed by atoms with van der Waals surface area (Å²) in [7, 11) is 0. The zero-order chi connectivity index (χ0) is 27.2. The number of aliphatic hydroxyl groups is 1. The Morgan fingerprint density at radius 1 is 0.568 bits per heavy atom. The molecular weight excluding hydrogens is 464 g/mol. The minimum absolute atomic E-state index is 0.0863. The summed E-state index contributed by atoms with van der Waals surface area (Å²) in [4.78, 5) is 22.6. The molecule has 5 nitrogen and oxygen atoms in total. The smallest absolute Gasteiger partial charge is 0.306 e. The minimum atomic E-state index is -0.759. The lowest BCUT2D eigenvalue weighted by atomic mass is 10.0. The predicted octanol–water partition coefficient (Wildman–Crippen LogP) is 9.23. The number of ether oxygens (including phenoxy) is 2. The first-order chi connectivity index (χ1) is 18.1. The molecule has 0 aromatic heterocycles. The lowest BCUT2D eigenvalue weighted by Crippen LogP contribution is -2.28. The van der Waals surface area contributed by atoms with Crippen molar-refractivity contribution in [2.45, 2.75) is 180 Å². The van der Waals surface area contributed by atoms with Gasteiger partial charge >= 0.3 is 11.9 Å². The van der Waals surface area contributed by atoms with Gasteiger partial charge in [0.05, 0.1) is 6.61 Å². The van der Waals surface area contributed by atoms with Crippen molar-refractivity contribution in [3.8, 4) is 0 Å². The molecule has 1 N–H and O–H groups in total. The molecule has 0 aliphatic carbocycles. The van der Waals surface area contributed by atoms with Gasteiger partial charge in [0.1, 0.15) is 6.61 Å². The van der Waals surface area contributed by atoms with Crippen LogP contribution in [0.2, 0.25) is 0 Å². The molecule has 0 fully saturated rings. The Balaban J connectivity index is 3.22. The number of rotatable bonds is 29. The maximum absolute atomic E-state index is 11.8. The summed E-state index contributed by atoms with van der Waals surface area (Å²) < 4.78 is 9.91. The van der Waals surface area contributed by atoms with Crippen LogP contribution in [0.5, 0.6) is 0 Å². The second-order valence-corrected chi connectivity index (χ2v) is 11.0. The van der Waals surface area contributed by atoms with Crippen molar-refractivity contribution >= 4 is 11.9 Å². The van der Waals surface area contributed by atoms with Crippen LogP contribution in [-0.2, 0) is 19.1 Å². The molecule has 37 heavy (non-hydrogen) atoms. The van der Waals surface area contributed by atoms with E-state index in [0.717, 1.165) is 19.3 Å². The summed E-state index contributed by atoms with van der Waals surface area (Å²) in [6, 6.07) is 0. The van der Waals surface area contributed by atoms with Crippen molar-refractivity contribution in [3.05, 3.63) is 0 Å². The van der Waals surface area contributed by atoms with Crippen molar-refractivity contribution in [2.75, 3.05) is 13.2 Å². The maximum atomic E-state index is 11.8. The molecule has 0 heterocycles. The normalized spacial score (nSPS) is 12.0. The van der Waals surface area contributed by atoms with Gasteiger partial charge in [-0.1, -0.05) is 155 Å². The molecule has 0 aromatic rings. The summed E-state index contributed by atoms with van der Waals surface area (Å²) >= 11 is 0. The first-order valence-corrected chi connectivity index (χ1v) is 16.0. The Kier molecular flexibility index (Phi) is 28.6. The van der Waals surface area contributed by atoms with Crippen LogP contribution in [0, 0.1) is 0 Å². The van der Waals surface area contributed by atoms with Gasteiger partial charge in [0.15, 0.2) is 6.10 Å². The molecule has 0 aromatic carbocycles. The van der Waals surface area contributed by atoms with E-state index in [-0.39, 0.29) is 19.2 Å². The summed E-state index contributed by atoms with van der Waals surface area (Å²) in [6.07, 6.45) is 32.1. The third-order valence-corrected chi connectivity index (χ3v) is 7.21. The van der Waals surface area contributed by atoms with Crippen molar-refractivity contribution in [3.63, 3.8) is 0 Å². The fraction of sp³-hybridized carbons (Fsp3) is 0.938. The van der Waals surface area contributed by atoms with Crippen LogP contribution < -0.4 is 0 Å². The number of unbranched alkanes of at least 4 members (excludes halogenated alkanes) is 23. The highest BCUT2D eigenvalue weighted by Crippen LogP contribution is 2.16. The SMILES string of the molecule is CCCCCCCCCCCCCCCCCCCCCCCCCCC(=O)OC(CO)COC(C)=O. The van der Waals surface area contributed by atoms with E-state index in [2.05, 4.69) is 6.92 Å². The molecule has 0 aliphatic heterocycles. The zero-order valence-corrected chi connectivity index (χ0v) is 24.7. The topological polar surface area (TPSA) is 72.8 Å². The maximum Gasteiger partial charge on any atom is 0.306 e.